The summed E-state index contributed by atoms with van der Waals surface area (Å²) < 4.78 is 18.9. The quantitative estimate of drug-likeness (QED) is 0.134. The molecule has 0 amide bonds. The van der Waals surface area contributed by atoms with E-state index in [4.69, 9.17) is 13.3 Å². The van der Waals surface area contributed by atoms with Gasteiger partial charge in [-0.05, 0) is 86.5 Å². The fourth-order valence-corrected chi connectivity index (χ4v) is 13.1. The maximum absolute atomic E-state index is 6.52. The second kappa shape index (κ2) is 11.2. The van der Waals surface area contributed by atoms with Gasteiger partial charge in [0.05, 0.1) is 0 Å². The summed E-state index contributed by atoms with van der Waals surface area (Å²) in [6, 6.07) is 60.8. The lowest BCUT2D eigenvalue weighted by molar-refractivity contribution is 0.668. The van der Waals surface area contributed by atoms with Gasteiger partial charge in [-0.3, -0.25) is 4.98 Å². The van der Waals surface area contributed by atoms with Crippen LogP contribution in [-0.4, -0.2) is 13.1 Å². The fourth-order valence-electron chi connectivity index (χ4n) is 8.30. The molecule has 0 aliphatic heterocycles. The molecule has 0 aliphatic carbocycles. The van der Waals surface area contributed by atoms with Gasteiger partial charge in [0.1, 0.15) is 33.4 Å². The third-order valence-corrected chi connectivity index (χ3v) is 15.4. The van der Waals surface area contributed by atoms with Crippen LogP contribution < -0.4 is 20.7 Å². The number of hydrogen-bond acceptors (Lipinski definition) is 4. The number of fused-ring (bicyclic) bond motifs is 9. The molecule has 0 fully saturated rings. The zero-order valence-corrected chi connectivity index (χ0v) is 28.9. The predicted octanol–water partition coefficient (Wildman–Crippen LogP) is 9.82. The molecule has 52 heavy (non-hydrogen) atoms. The highest BCUT2D eigenvalue weighted by Crippen LogP contribution is 2.36. The first-order valence-electron chi connectivity index (χ1n) is 17.5. The summed E-state index contributed by atoms with van der Waals surface area (Å²) >= 11 is 0. The lowest BCUT2D eigenvalue weighted by atomic mass is 10.0. The van der Waals surface area contributed by atoms with Gasteiger partial charge >= 0.3 is 0 Å². The normalized spacial score (nSPS) is 12.2. The van der Waals surface area contributed by atoms with Gasteiger partial charge in [-0.25, -0.2) is 0 Å². The van der Waals surface area contributed by atoms with E-state index in [1.165, 1.54) is 20.7 Å². The standard InChI is InChI=1S/C47H29NO3Si/c1-3-10-32(11-4-1)52(33-12-5-2-6-13-33,34-19-23-43-38(28-34)36-14-7-8-15-41(36)49-43)35-20-24-44-39(29-35)37-26-30(17-21-42(37)50-44)31-18-22-45-40(27-31)47-46(51-45)16-9-25-48-47/h1-29H. The van der Waals surface area contributed by atoms with Crippen LogP contribution in [0.5, 0.6) is 0 Å². The van der Waals surface area contributed by atoms with Crippen LogP contribution in [0.1, 0.15) is 0 Å². The number of aromatic nitrogens is 1. The van der Waals surface area contributed by atoms with Crippen LogP contribution in [0.4, 0.5) is 0 Å². The molecule has 0 aliphatic rings. The minimum atomic E-state index is -2.88. The predicted molar refractivity (Wildman–Crippen MR) is 215 cm³/mol. The number of hydrogen-bond donors (Lipinski definition) is 0. The van der Waals surface area contributed by atoms with Crippen molar-refractivity contribution in [1.29, 1.82) is 0 Å². The highest BCUT2D eigenvalue weighted by atomic mass is 28.3. The molecule has 4 heterocycles. The molecule has 0 saturated heterocycles. The zero-order valence-electron chi connectivity index (χ0n) is 27.9. The van der Waals surface area contributed by atoms with Crippen LogP contribution in [0.25, 0.3) is 77.1 Å². The van der Waals surface area contributed by atoms with Gasteiger partial charge in [-0.2, -0.15) is 0 Å². The number of para-hydroxylation sites is 1. The highest BCUT2D eigenvalue weighted by molar-refractivity contribution is 7.20. The summed E-state index contributed by atoms with van der Waals surface area (Å²) in [4.78, 5) is 4.61. The molecule has 0 N–H and O–H groups in total. The Labute approximate surface area is 299 Å². The average Bonchev–Trinajstić information content (AvgIpc) is 3.89. The molecule has 4 aromatic heterocycles. The Morgan fingerprint density at radius 2 is 0.788 bits per heavy atom. The van der Waals surface area contributed by atoms with Crippen molar-refractivity contribution in [3.05, 3.63) is 176 Å². The molecule has 0 saturated carbocycles. The van der Waals surface area contributed by atoms with Crippen molar-refractivity contribution in [1.82, 2.24) is 4.98 Å². The molecule has 7 aromatic carbocycles. The number of furan rings is 3. The molecule has 4 nitrogen and oxygen atoms in total. The largest absolute Gasteiger partial charge is 0.456 e. The van der Waals surface area contributed by atoms with E-state index in [-0.39, 0.29) is 0 Å². The van der Waals surface area contributed by atoms with Crippen molar-refractivity contribution in [2.24, 2.45) is 0 Å². The van der Waals surface area contributed by atoms with Gasteiger partial charge in [0.25, 0.3) is 0 Å². The molecule has 244 valence electrons. The van der Waals surface area contributed by atoms with E-state index in [0.717, 1.165) is 77.1 Å². The van der Waals surface area contributed by atoms with E-state index in [2.05, 4.69) is 145 Å². The van der Waals surface area contributed by atoms with Crippen LogP contribution in [-0.2, 0) is 0 Å². The smallest absolute Gasteiger partial charge is 0.179 e. The Hall–Kier alpha value is -6.69. The van der Waals surface area contributed by atoms with Gasteiger partial charge in [0.2, 0.25) is 0 Å². The van der Waals surface area contributed by atoms with Crippen molar-refractivity contribution >= 4 is 94.8 Å². The summed E-state index contributed by atoms with van der Waals surface area (Å²) in [5.41, 5.74) is 8.26. The van der Waals surface area contributed by atoms with Gasteiger partial charge in [0.15, 0.2) is 13.7 Å². The Kier molecular flexibility index (Phi) is 6.24. The van der Waals surface area contributed by atoms with E-state index in [0.29, 0.717) is 0 Å². The first kappa shape index (κ1) is 29.1. The monoisotopic (exact) mass is 683 g/mol. The second-order valence-corrected chi connectivity index (χ2v) is 17.3. The number of benzene rings is 7. The number of nitrogens with zero attached hydrogens (tertiary/aromatic N) is 1. The highest BCUT2D eigenvalue weighted by Gasteiger charge is 2.42. The first-order chi connectivity index (χ1) is 25.7. The fraction of sp³-hybridized carbons (Fsp3) is 0. The molecular weight excluding hydrogens is 655 g/mol. The molecule has 0 atom stereocenters. The van der Waals surface area contributed by atoms with Crippen LogP contribution in [0.3, 0.4) is 0 Å². The van der Waals surface area contributed by atoms with Crippen molar-refractivity contribution in [3.8, 4) is 11.1 Å². The molecule has 0 spiro atoms. The third kappa shape index (κ3) is 4.23. The maximum atomic E-state index is 6.52. The molecule has 0 radical (unpaired) electrons. The lowest BCUT2D eigenvalue weighted by Gasteiger charge is -2.34. The van der Waals surface area contributed by atoms with Gasteiger partial charge in [-0.1, -0.05) is 115 Å². The van der Waals surface area contributed by atoms with E-state index < -0.39 is 8.07 Å². The van der Waals surface area contributed by atoms with E-state index in [9.17, 15) is 0 Å². The molecule has 0 unspecified atom stereocenters. The summed E-state index contributed by atoms with van der Waals surface area (Å²) in [6.45, 7) is 0. The van der Waals surface area contributed by atoms with Crippen LogP contribution in [0, 0.1) is 0 Å². The number of pyridine rings is 1. The van der Waals surface area contributed by atoms with Crippen molar-refractivity contribution in [3.63, 3.8) is 0 Å². The van der Waals surface area contributed by atoms with Crippen molar-refractivity contribution in [2.45, 2.75) is 0 Å². The second-order valence-electron chi connectivity index (χ2n) is 13.5. The van der Waals surface area contributed by atoms with Gasteiger partial charge < -0.3 is 13.3 Å². The molecule has 0 bridgehead atoms. The van der Waals surface area contributed by atoms with Crippen LogP contribution in [0.15, 0.2) is 189 Å². The van der Waals surface area contributed by atoms with Crippen molar-refractivity contribution in [2.75, 3.05) is 0 Å². The molecule has 11 aromatic rings. The summed E-state index contributed by atoms with van der Waals surface area (Å²) in [6.07, 6.45) is 1.81. The Morgan fingerprint density at radius 3 is 1.44 bits per heavy atom. The zero-order chi connectivity index (χ0) is 34.2. The SMILES string of the molecule is c1ccc([Si](c2ccccc2)(c2ccc3oc4ccccc4c3c2)c2ccc3oc4ccc(-c5ccc6oc7cccnc7c6c5)cc4c3c2)cc1. The summed E-state index contributed by atoms with van der Waals surface area (Å²) in [7, 11) is -2.88. The average molecular weight is 684 g/mol. The minimum absolute atomic E-state index is 0.794. The summed E-state index contributed by atoms with van der Waals surface area (Å²) in [5.74, 6) is 0. The minimum Gasteiger partial charge on any atom is -0.456 e. The first-order valence-corrected chi connectivity index (χ1v) is 19.5. The third-order valence-electron chi connectivity index (χ3n) is 10.7. The van der Waals surface area contributed by atoms with Crippen molar-refractivity contribution < 1.29 is 13.3 Å². The lowest BCUT2D eigenvalue weighted by Crippen LogP contribution is -2.74. The maximum Gasteiger partial charge on any atom is 0.179 e. The van der Waals surface area contributed by atoms with Crippen LogP contribution in [0.2, 0.25) is 0 Å². The van der Waals surface area contributed by atoms with Gasteiger partial charge in [0, 0.05) is 33.1 Å². The Balaban J connectivity index is 1.17. The van der Waals surface area contributed by atoms with E-state index >= 15 is 0 Å². The molecule has 5 heteroatoms. The summed E-state index contributed by atoms with van der Waals surface area (Å²) in [5, 5.41) is 10.7. The van der Waals surface area contributed by atoms with Gasteiger partial charge in [-0.15, -0.1) is 0 Å². The molecule has 11 rings (SSSR count). The Bertz CT molecular complexity index is 3100. The molecular formula is C47H29NO3Si. The number of rotatable bonds is 5. The Morgan fingerprint density at radius 1 is 0.327 bits per heavy atom. The van der Waals surface area contributed by atoms with E-state index in [1.807, 2.05) is 36.5 Å². The van der Waals surface area contributed by atoms with E-state index in [1.54, 1.807) is 0 Å². The van der Waals surface area contributed by atoms with Crippen LogP contribution >= 0.6 is 0 Å². The topological polar surface area (TPSA) is 52.3 Å².